The number of hydrogen-bond acceptors (Lipinski definition) is 3. The maximum absolute atomic E-state index is 3.52. The molecule has 3 rings (SSSR count). The van der Waals surface area contributed by atoms with E-state index >= 15 is 0 Å². The van der Waals surface area contributed by atoms with Gasteiger partial charge in [-0.2, -0.15) is 0 Å². The topological polar surface area (TPSA) is 15.3 Å². The third-order valence-electron chi connectivity index (χ3n) is 3.68. The number of nitrogens with zero attached hydrogens (tertiary/aromatic N) is 1. The first-order valence-electron chi connectivity index (χ1n) is 6.93. The molecular weight excluding hydrogens is 332 g/mol. The lowest BCUT2D eigenvalue weighted by Gasteiger charge is -2.20. The highest BCUT2D eigenvalue weighted by Crippen LogP contribution is 2.22. The lowest BCUT2D eigenvalue weighted by Crippen LogP contribution is -2.24. The van der Waals surface area contributed by atoms with Gasteiger partial charge in [-0.25, -0.2) is 0 Å². The van der Waals surface area contributed by atoms with Crippen LogP contribution < -0.4 is 5.32 Å². The van der Waals surface area contributed by atoms with Crippen LogP contribution in [0.15, 0.2) is 33.4 Å². The van der Waals surface area contributed by atoms with E-state index in [1.54, 1.807) is 11.3 Å². The zero-order chi connectivity index (χ0) is 13.9. The summed E-state index contributed by atoms with van der Waals surface area (Å²) in [5.74, 6) is 0. The number of benzene rings is 1. The summed E-state index contributed by atoms with van der Waals surface area (Å²) in [5.41, 5.74) is 5.77. The van der Waals surface area contributed by atoms with E-state index < -0.39 is 0 Å². The zero-order valence-corrected chi connectivity index (χ0v) is 14.1. The van der Waals surface area contributed by atoms with Gasteiger partial charge in [-0.3, -0.25) is 4.90 Å². The van der Waals surface area contributed by atoms with Gasteiger partial charge in [0.2, 0.25) is 0 Å². The second-order valence-corrected chi connectivity index (χ2v) is 7.75. The Hall–Kier alpha value is -0.680. The fourth-order valence-corrected chi connectivity index (χ4v) is 3.94. The van der Waals surface area contributed by atoms with Crippen molar-refractivity contribution in [3.8, 4) is 0 Å². The van der Waals surface area contributed by atoms with E-state index in [0.29, 0.717) is 0 Å². The van der Waals surface area contributed by atoms with Gasteiger partial charge in [-0.15, -0.1) is 11.3 Å². The van der Waals surface area contributed by atoms with Gasteiger partial charge in [0.15, 0.2) is 0 Å². The molecule has 1 aromatic heterocycles. The molecule has 2 aromatic rings. The molecule has 2 heterocycles. The number of halogens is 1. The van der Waals surface area contributed by atoms with E-state index in [-0.39, 0.29) is 0 Å². The van der Waals surface area contributed by atoms with Crippen LogP contribution in [0.5, 0.6) is 0 Å². The number of fused-ring (bicyclic) bond motifs is 1. The summed E-state index contributed by atoms with van der Waals surface area (Å²) in [6, 6.07) is 9.16. The second-order valence-electron chi connectivity index (χ2n) is 5.46. The van der Waals surface area contributed by atoms with Crippen LogP contribution >= 0.6 is 27.3 Å². The molecular formula is C16H19BrN2S. The Bertz CT molecular complexity index is 594. The molecule has 0 saturated heterocycles. The van der Waals surface area contributed by atoms with Gasteiger partial charge in [0, 0.05) is 19.6 Å². The Balaban J connectivity index is 1.65. The maximum atomic E-state index is 3.52. The lowest BCUT2D eigenvalue weighted by molar-refractivity contribution is 0.319. The third-order valence-corrected chi connectivity index (χ3v) is 5.24. The summed E-state index contributed by atoms with van der Waals surface area (Å²) in [6.07, 6.45) is 1.16. The second kappa shape index (κ2) is 6.39. The molecule has 0 atom stereocenters. The first-order valence-corrected chi connectivity index (χ1v) is 8.61. The Morgan fingerprint density at radius 1 is 1.20 bits per heavy atom. The number of thiophene rings is 1. The van der Waals surface area contributed by atoms with Crippen molar-refractivity contribution in [1.82, 2.24) is 10.2 Å². The lowest BCUT2D eigenvalue weighted by atomic mass is 9.98. The monoisotopic (exact) mass is 350 g/mol. The molecule has 0 fully saturated rings. The van der Waals surface area contributed by atoms with Gasteiger partial charge >= 0.3 is 0 Å². The minimum absolute atomic E-state index is 0.997. The van der Waals surface area contributed by atoms with Crippen molar-refractivity contribution in [2.45, 2.75) is 26.1 Å². The van der Waals surface area contributed by atoms with Crippen LogP contribution in [0.3, 0.4) is 0 Å². The van der Waals surface area contributed by atoms with Crippen LogP contribution in [0, 0.1) is 0 Å². The summed E-state index contributed by atoms with van der Waals surface area (Å²) in [5, 5.41) is 5.67. The molecule has 1 aromatic carbocycles. The minimum Gasteiger partial charge on any atom is -0.312 e. The van der Waals surface area contributed by atoms with Gasteiger partial charge < -0.3 is 5.32 Å². The summed E-state index contributed by atoms with van der Waals surface area (Å²) in [7, 11) is 2.18. The molecule has 106 valence electrons. The average Bonchev–Trinajstić information content (AvgIpc) is 2.83. The van der Waals surface area contributed by atoms with E-state index in [1.165, 1.54) is 26.0 Å². The SMILES string of the molecule is CN(Cc1csc(Br)c1)Cc1ccc2c(c1)CNCC2. The molecule has 1 N–H and O–H groups in total. The Morgan fingerprint density at radius 2 is 2.05 bits per heavy atom. The Labute approximate surface area is 132 Å². The van der Waals surface area contributed by atoms with Gasteiger partial charge in [0.1, 0.15) is 0 Å². The molecule has 20 heavy (non-hydrogen) atoms. The molecule has 0 spiro atoms. The van der Waals surface area contributed by atoms with Crippen molar-refractivity contribution in [2.24, 2.45) is 0 Å². The summed E-state index contributed by atoms with van der Waals surface area (Å²) in [6.45, 7) is 4.13. The third kappa shape index (κ3) is 3.50. The average molecular weight is 351 g/mol. The molecule has 0 saturated carbocycles. The van der Waals surface area contributed by atoms with Gasteiger partial charge in [0.05, 0.1) is 3.79 Å². The number of nitrogens with one attached hydrogen (secondary N) is 1. The smallest absolute Gasteiger partial charge is 0.0701 e. The predicted octanol–water partition coefficient (Wildman–Crippen LogP) is 3.79. The molecule has 0 amide bonds. The Morgan fingerprint density at radius 3 is 2.85 bits per heavy atom. The summed E-state index contributed by atoms with van der Waals surface area (Å²) >= 11 is 5.28. The standard InChI is InChI=1S/C16H19BrN2S/c1-19(10-13-7-16(17)20-11-13)9-12-2-3-14-4-5-18-8-15(14)6-12/h2-3,6-7,11,18H,4-5,8-10H2,1H3. The highest BCUT2D eigenvalue weighted by molar-refractivity contribution is 9.11. The van der Waals surface area contributed by atoms with Crippen LogP contribution in [0.4, 0.5) is 0 Å². The number of rotatable bonds is 4. The van der Waals surface area contributed by atoms with Crippen LogP contribution in [-0.2, 0) is 26.1 Å². The Kier molecular flexibility index (Phi) is 4.56. The van der Waals surface area contributed by atoms with Crippen LogP contribution in [0.1, 0.15) is 22.3 Å². The van der Waals surface area contributed by atoms with E-state index in [9.17, 15) is 0 Å². The van der Waals surface area contributed by atoms with E-state index in [1.807, 2.05) is 0 Å². The molecule has 0 bridgehead atoms. The zero-order valence-electron chi connectivity index (χ0n) is 11.7. The predicted molar refractivity (Wildman–Crippen MR) is 89.0 cm³/mol. The first kappa shape index (κ1) is 14.3. The fourth-order valence-electron chi connectivity index (χ4n) is 2.74. The minimum atomic E-state index is 0.997. The van der Waals surface area contributed by atoms with Crippen molar-refractivity contribution in [1.29, 1.82) is 0 Å². The van der Waals surface area contributed by atoms with Crippen molar-refractivity contribution in [3.63, 3.8) is 0 Å². The molecule has 0 unspecified atom stereocenters. The van der Waals surface area contributed by atoms with Crippen LogP contribution in [-0.4, -0.2) is 18.5 Å². The quantitative estimate of drug-likeness (QED) is 0.902. The van der Waals surface area contributed by atoms with Crippen LogP contribution in [0.25, 0.3) is 0 Å². The van der Waals surface area contributed by atoms with E-state index in [2.05, 4.69) is 62.8 Å². The highest BCUT2D eigenvalue weighted by atomic mass is 79.9. The number of hydrogen-bond donors (Lipinski definition) is 1. The molecule has 0 radical (unpaired) electrons. The van der Waals surface area contributed by atoms with E-state index in [4.69, 9.17) is 0 Å². The summed E-state index contributed by atoms with van der Waals surface area (Å²) < 4.78 is 1.21. The van der Waals surface area contributed by atoms with Crippen molar-refractivity contribution >= 4 is 27.3 Å². The van der Waals surface area contributed by atoms with Gasteiger partial charge in [-0.1, -0.05) is 18.2 Å². The first-order chi connectivity index (χ1) is 9.70. The molecule has 4 heteroatoms. The van der Waals surface area contributed by atoms with Crippen LogP contribution in [0.2, 0.25) is 0 Å². The molecule has 1 aliphatic heterocycles. The molecule has 2 nitrogen and oxygen atoms in total. The maximum Gasteiger partial charge on any atom is 0.0701 e. The highest BCUT2D eigenvalue weighted by Gasteiger charge is 2.10. The van der Waals surface area contributed by atoms with Crippen molar-refractivity contribution < 1.29 is 0 Å². The molecule has 1 aliphatic rings. The largest absolute Gasteiger partial charge is 0.312 e. The van der Waals surface area contributed by atoms with E-state index in [0.717, 1.165) is 32.6 Å². The van der Waals surface area contributed by atoms with Crippen molar-refractivity contribution in [3.05, 3.63) is 55.7 Å². The van der Waals surface area contributed by atoms with Gasteiger partial charge in [-0.05, 0) is 69.6 Å². The molecule has 0 aliphatic carbocycles. The summed E-state index contributed by atoms with van der Waals surface area (Å²) in [4.78, 5) is 2.37. The fraction of sp³-hybridized carbons (Fsp3) is 0.375. The van der Waals surface area contributed by atoms with Gasteiger partial charge in [0.25, 0.3) is 0 Å². The normalized spacial score (nSPS) is 14.6. The van der Waals surface area contributed by atoms with Crippen molar-refractivity contribution in [2.75, 3.05) is 13.6 Å².